The summed E-state index contributed by atoms with van der Waals surface area (Å²) in [5.74, 6) is -0.781. The van der Waals surface area contributed by atoms with Gasteiger partial charge >= 0.3 is 12.0 Å². The maximum atomic E-state index is 11.7. The predicted octanol–water partition coefficient (Wildman–Crippen LogP) is 1.74. The number of rotatable bonds is 7. The number of carbonyl (C=O) groups excluding carboxylic acids is 1. The number of hydrogen-bond donors (Lipinski definition) is 3. The molecule has 116 valence electrons. The molecule has 0 saturated carbocycles. The summed E-state index contributed by atoms with van der Waals surface area (Å²) in [5.41, 5.74) is 0. The second-order valence-corrected chi connectivity index (χ2v) is 5.70. The molecule has 1 heterocycles. The first kappa shape index (κ1) is 16.8. The van der Waals surface area contributed by atoms with E-state index in [9.17, 15) is 9.59 Å². The Bertz CT molecular complexity index is 314. The highest BCUT2D eigenvalue weighted by Crippen LogP contribution is 2.14. The van der Waals surface area contributed by atoms with E-state index < -0.39 is 18.0 Å². The van der Waals surface area contributed by atoms with Crippen LogP contribution in [0.4, 0.5) is 4.79 Å². The summed E-state index contributed by atoms with van der Waals surface area (Å²) in [5, 5.41) is 14.2. The molecule has 1 rings (SSSR count). The molecule has 1 fully saturated rings. The zero-order valence-electron chi connectivity index (χ0n) is 12.4. The van der Waals surface area contributed by atoms with Crippen LogP contribution in [-0.4, -0.2) is 42.4 Å². The molecule has 6 nitrogen and oxygen atoms in total. The van der Waals surface area contributed by atoms with Crippen LogP contribution >= 0.6 is 0 Å². The van der Waals surface area contributed by atoms with Crippen molar-refractivity contribution in [1.82, 2.24) is 10.6 Å². The number of amides is 2. The van der Waals surface area contributed by atoms with Crippen LogP contribution in [0.5, 0.6) is 0 Å². The van der Waals surface area contributed by atoms with Gasteiger partial charge in [-0.25, -0.2) is 9.59 Å². The van der Waals surface area contributed by atoms with Crippen molar-refractivity contribution < 1.29 is 19.4 Å². The molecule has 1 saturated heterocycles. The average molecular weight is 286 g/mol. The Hall–Kier alpha value is -1.30. The fourth-order valence-corrected chi connectivity index (χ4v) is 2.28. The number of carboxylic acid groups (broad SMARTS) is 1. The quantitative estimate of drug-likeness (QED) is 0.665. The van der Waals surface area contributed by atoms with E-state index in [0.29, 0.717) is 13.0 Å². The topological polar surface area (TPSA) is 87.7 Å². The maximum absolute atomic E-state index is 11.7. The van der Waals surface area contributed by atoms with Gasteiger partial charge in [0.25, 0.3) is 0 Å². The van der Waals surface area contributed by atoms with Gasteiger partial charge in [0.05, 0.1) is 6.10 Å². The Morgan fingerprint density at radius 2 is 2.10 bits per heavy atom. The molecular weight excluding hydrogens is 260 g/mol. The SMILES string of the molecule is CC(C)C[C@@H](NC(=O)NCCC1CCCCO1)C(=O)O. The first-order valence-corrected chi connectivity index (χ1v) is 7.37. The van der Waals surface area contributed by atoms with Crippen molar-refractivity contribution in [3.8, 4) is 0 Å². The van der Waals surface area contributed by atoms with E-state index in [4.69, 9.17) is 9.84 Å². The van der Waals surface area contributed by atoms with Gasteiger partial charge < -0.3 is 20.5 Å². The molecule has 6 heteroatoms. The molecule has 20 heavy (non-hydrogen) atoms. The summed E-state index contributed by atoms with van der Waals surface area (Å²) in [7, 11) is 0. The number of ether oxygens (including phenoxy) is 1. The highest BCUT2D eigenvalue weighted by atomic mass is 16.5. The van der Waals surface area contributed by atoms with Crippen LogP contribution in [0.3, 0.4) is 0 Å². The average Bonchev–Trinajstić information content (AvgIpc) is 2.38. The molecule has 3 N–H and O–H groups in total. The Kier molecular flexibility index (Phi) is 7.36. The highest BCUT2D eigenvalue weighted by molar-refractivity contribution is 5.82. The van der Waals surface area contributed by atoms with E-state index >= 15 is 0 Å². The third-order valence-corrected chi connectivity index (χ3v) is 3.34. The largest absolute Gasteiger partial charge is 0.480 e. The zero-order chi connectivity index (χ0) is 15.0. The Balaban J connectivity index is 2.21. The molecule has 1 aliphatic rings. The highest BCUT2D eigenvalue weighted by Gasteiger charge is 2.21. The summed E-state index contributed by atoms with van der Waals surface area (Å²) in [6.45, 7) is 5.16. The van der Waals surface area contributed by atoms with Crippen molar-refractivity contribution >= 4 is 12.0 Å². The summed E-state index contributed by atoms with van der Waals surface area (Å²) in [4.78, 5) is 22.7. The molecule has 0 aromatic carbocycles. The monoisotopic (exact) mass is 286 g/mol. The van der Waals surface area contributed by atoms with E-state index in [1.807, 2.05) is 13.8 Å². The first-order valence-electron chi connectivity index (χ1n) is 7.37. The van der Waals surface area contributed by atoms with Gasteiger partial charge in [-0.15, -0.1) is 0 Å². The molecule has 2 atom stereocenters. The smallest absolute Gasteiger partial charge is 0.326 e. The van der Waals surface area contributed by atoms with E-state index in [1.165, 1.54) is 6.42 Å². The van der Waals surface area contributed by atoms with E-state index in [1.54, 1.807) is 0 Å². The normalized spacial score (nSPS) is 20.4. The summed E-state index contributed by atoms with van der Waals surface area (Å²) < 4.78 is 5.57. The second kappa shape index (κ2) is 8.79. The molecule has 0 aromatic heterocycles. The number of aliphatic carboxylic acids is 1. The summed E-state index contributed by atoms with van der Waals surface area (Å²) >= 11 is 0. The molecule has 0 radical (unpaired) electrons. The third kappa shape index (κ3) is 6.75. The molecule has 0 spiro atoms. The second-order valence-electron chi connectivity index (χ2n) is 5.70. The molecule has 1 unspecified atom stereocenters. The van der Waals surface area contributed by atoms with Crippen LogP contribution in [0, 0.1) is 5.92 Å². The number of carboxylic acids is 1. The Labute approximate surface area is 120 Å². The number of hydrogen-bond acceptors (Lipinski definition) is 3. The minimum atomic E-state index is -0.996. The molecule has 1 aliphatic heterocycles. The van der Waals surface area contributed by atoms with Crippen molar-refractivity contribution in [1.29, 1.82) is 0 Å². The van der Waals surface area contributed by atoms with Gasteiger partial charge in [-0.05, 0) is 38.0 Å². The molecule has 2 amide bonds. The van der Waals surface area contributed by atoms with Crippen molar-refractivity contribution in [2.75, 3.05) is 13.2 Å². The van der Waals surface area contributed by atoms with Crippen LogP contribution in [0.1, 0.15) is 46.0 Å². The summed E-state index contributed by atoms with van der Waals surface area (Å²) in [6, 6.07) is -1.25. The number of urea groups is 1. The summed E-state index contributed by atoms with van der Waals surface area (Å²) in [6.07, 6.45) is 4.74. The predicted molar refractivity (Wildman–Crippen MR) is 75.6 cm³/mol. The minimum absolute atomic E-state index is 0.215. The van der Waals surface area contributed by atoms with Crippen molar-refractivity contribution in [3.63, 3.8) is 0 Å². The van der Waals surface area contributed by atoms with E-state index in [0.717, 1.165) is 25.9 Å². The number of nitrogens with one attached hydrogen (secondary N) is 2. The van der Waals surface area contributed by atoms with Crippen LogP contribution in [0.15, 0.2) is 0 Å². The lowest BCUT2D eigenvalue weighted by Gasteiger charge is -2.23. The fraction of sp³-hybridized carbons (Fsp3) is 0.857. The molecule has 0 aliphatic carbocycles. The zero-order valence-corrected chi connectivity index (χ0v) is 12.4. The minimum Gasteiger partial charge on any atom is -0.480 e. The van der Waals surface area contributed by atoms with Gasteiger partial charge in [0, 0.05) is 13.2 Å². The lowest BCUT2D eigenvalue weighted by atomic mass is 10.0. The van der Waals surface area contributed by atoms with E-state index in [-0.39, 0.29) is 12.0 Å². The first-order chi connectivity index (χ1) is 9.49. The standard InChI is InChI=1S/C14H26N2O4/c1-10(2)9-12(13(17)18)16-14(19)15-7-6-11-5-3-4-8-20-11/h10-12H,3-9H2,1-2H3,(H,17,18)(H2,15,16,19)/t11?,12-/m1/s1. The van der Waals surface area contributed by atoms with Crippen molar-refractivity contribution in [2.24, 2.45) is 5.92 Å². The Morgan fingerprint density at radius 1 is 1.35 bits per heavy atom. The van der Waals surface area contributed by atoms with Gasteiger partial charge in [-0.2, -0.15) is 0 Å². The van der Waals surface area contributed by atoms with Gasteiger partial charge in [-0.3, -0.25) is 0 Å². The van der Waals surface area contributed by atoms with Gasteiger partial charge in [0.1, 0.15) is 6.04 Å². The maximum Gasteiger partial charge on any atom is 0.326 e. The van der Waals surface area contributed by atoms with Crippen LogP contribution in [-0.2, 0) is 9.53 Å². The van der Waals surface area contributed by atoms with E-state index in [2.05, 4.69) is 10.6 Å². The molecule has 0 bridgehead atoms. The Morgan fingerprint density at radius 3 is 2.65 bits per heavy atom. The lowest BCUT2D eigenvalue weighted by Crippen LogP contribution is -2.47. The van der Waals surface area contributed by atoms with Crippen LogP contribution in [0.2, 0.25) is 0 Å². The molecular formula is C14H26N2O4. The van der Waals surface area contributed by atoms with Gasteiger partial charge in [-0.1, -0.05) is 13.8 Å². The third-order valence-electron chi connectivity index (χ3n) is 3.34. The van der Waals surface area contributed by atoms with Crippen LogP contribution in [0.25, 0.3) is 0 Å². The van der Waals surface area contributed by atoms with Crippen molar-refractivity contribution in [2.45, 2.75) is 58.1 Å². The van der Waals surface area contributed by atoms with Gasteiger partial charge in [0.15, 0.2) is 0 Å². The van der Waals surface area contributed by atoms with Gasteiger partial charge in [0.2, 0.25) is 0 Å². The lowest BCUT2D eigenvalue weighted by molar-refractivity contribution is -0.139. The fourth-order valence-electron chi connectivity index (χ4n) is 2.28. The molecule has 0 aromatic rings. The van der Waals surface area contributed by atoms with Crippen molar-refractivity contribution in [3.05, 3.63) is 0 Å². The van der Waals surface area contributed by atoms with Crippen LogP contribution < -0.4 is 10.6 Å². The number of carbonyl (C=O) groups is 2.